The fourth-order valence-electron chi connectivity index (χ4n) is 3.30. The maximum Gasteiger partial charge on any atom is 0.230 e. The van der Waals surface area contributed by atoms with Crippen LogP contribution in [0, 0.1) is 12.7 Å². The van der Waals surface area contributed by atoms with Crippen molar-refractivity contribution in [2.45, 2.75) is 36.0 Å². The zero-order valence-electron chi connectivity index (χ0n) is 16.0. The van der Waals surface area contributed by atoms with Gasteiger partial charge in [0, 0.05) is 10.6 Å². The summed E-state index contributed by atoms with van der Waals surface area (Å²) in [5.41, 5.74) is 2.02. The van der Waals surface area contributed by atoms with Crippen LogP contribution in [0.5, 0.6) is 0 Å². The molecule has 150 valence electrons. The Bertz CT molecular complexity index is 1010. The van der Waals surface area contributed by atoms with Crippen molar-refractivity contribution in [1.82, 2.24) is 20.1 Å². The summed E-state index contributed by atoms with van der Waals surface area (Å²) in [7, 11) is 0. The summed E-state index contributed by atoms with van der Waals surface area (Å²) in [6, 6.07) is 14.7. The molecule has 0 saturated heterocycles. The van der Waals surface area contributed by atoms with Gasteiger partial charge in [-0.15, -0.1) is 22.0 Å². The number of benzene rings is 2. The highest BCUT2D eigenvalue weighted by Gasteiger charge is 2.23. The zero-order chi connectivity index (χ0) is 20.2. The van der Waals surface area contributed by atoms with Gasteiger partial charge in [-0.1, -0.05) is 42.1 Å². The molecule has 0 aliphatic carbocycles. The normalized spacial score (nSPS) is 15.7. The number of carbonyl (C=O) groups is 1. The molecule has 1 amide bonds. The number of amides is 1. The van der Waals surface area contributed by atoms with Gasteiger partial charge < -0.3 is 9.88 Å². The van der Waals surface area contributed by atoms with E-state index in [1.54, 1.807) is 17.8 Å². The topological polar surface area (TPSA) is 59.8 Å². The van der Waals surface area contributed by atoms with E-state index in [1.165, 1.54) is 23.9 Å². The Hall–Kier alpha value is -2.32. The Morgan fingerprint density at radius 2 is 2.10 bits per heavy atom. The molecule has 0 spiro atoms. The van der Waals surface area contributed by atoms with Crippen molar-refractivity contribution in [3.8, 4) is 0 Å². The van der Waals surface area contributed by atoms with Crippen molar-refractivity contribution in [3.05, 3.63) is 71.3 Å². The summed E-state index contributed by atoms with van der Waals surface area (Å²) in [5.74, 6) is 1.59. The Morgan fingerprint density at radius 3 is 2.93 bits per heavy atom. The molecule has 1 aromatic heterocycles. The molecule has 29 heavy (non-hydrogen) atoms. The van der Waals surface area contributed by atoms with Gasteiger partial charge in [-0.2, -0.15) is 0 Å². The molecule has 1 aliphatic rings. The molecule has 5 nitrogen and oxygen atoms in total. The molecule has 1 atom stereocenters. The molecule has 8 heteroatoms. The lowest BCUT2D eigenvalue weighted by molar-refractivity contribution is -0.119. The van der Waals surface area contributed by atoms with Crippen molar-refractivity contribution in [2.75, 3.05) is 11.5 Å². The van der Waals surface area contributed by atoms with Gasteiger partial charge in [0.05, 0.1) is 18.3 Å². The molecule has 4 rings (SSSR count). The van der Waals surface area contributed by atoms with Crippen LogP contribution in [0.25, 0.3) is 0 Å². The predicted molar refractivity (Wildman–Crippen MR) is 114 cm³/mol. The lowest BCUT2D eigenvalue weighted by Gasteiger charge is -2.26. The fourth-order valence-corrected chi connectivity index (χ4v) is 5.20. The van der Waals surface area contributed by atoms with Gasteiger partial charge >= 0.3 is 0 Å². The third kappa shape index (κ3) is 4.82. The van der Waals surface area contributed by atoms with Crippen molar-refractivity contribution in [2.24, 2.45) is 0 Å². The Balaban J connectivity index is 1.40. The second-order valence-electron chi connectivity index (χ2n) is 6.83. The number of aromatic nitrogens is 3. The maximum absolute atomic E-state index is 13.7. The lowest BCUT2D eigenvalue weighted by atomic mass is 10.0. The molecule has 0 saturated carbocycles. The Labute approximate surface area is 177 Å². The van der Waals surface area contributed by atoms with Crippen molar-refractivity contribution in [1.29, 1.82) is 0 Å². The third-order valence-corrected chi connectivity index (χ3v) is 6.85. The number of nitrogens with one attached hydrogen (secondary N) is 1. The van der Waals surface area contributed by atoms with E-state index in [0.29, 0.717) is 11.7 Å². The number of aryl methyl sites for hydroxylation is 1. The zero-order valence-corrected chi connectivity index (χ0v) is 17.6. The summed E-state index contributed by atoms with van der Waals surface area (Å²) in [4.78, 5) is 13.6. The van der Waals surface area contributed by atoms with Crippen molar-refractivity contribution >= 4 is 29.4 Å². The van der Waals surface area contributed by atoms with E-state index in [1.807, 2.05) is 29.7 Å². The van der Waals surface area contributed by atoms with Gasteiger partial charge in [0.1, 0.15) is 11.6 Å². The fraction of sp³-hybridized carbons (Fsp3) is 0.286. The number of thioether (sulfide) groups is 2. The van der Waals surface area contributed by atoms with E-state index >= 15 is 0 Å². The molecule has 0 radical (unpaired) electrons. The summed E-state index contributed by atoms with van der Waals surface area (Å²) in [5, 5.41) is 12.1. The molecule has 2 heterocycles. The molecular weight excluding hydrogens is 407 g/mol. The largest absolute Gasteiger partial charge is 0.348 e. The molecule has 3 aromatic rings. The molecule has 0 fully saturated rings. The number of carbonyl (C=O) groups excluding carboxylic acids is 1. The number of rotatable bonds is 6. The van der Waals surface area contributed by atoms with Crippen LogP contribution in [0.15, 0.2) is 58.6 Å². The number of hydrogen-bond donors (Lipinski definition) is 1. The number of nitrogens with zero attached hydrogens (tertiary/aromatic N) is 3. The van der Waals surface area contributed by atoms with Gasteiger partial charge in [0.15, 0.2) is 5.16 Å². The molecule has 1 N–H and O–H groups in total. The van der Waals surface area contributed by atoms with Gasteiger partial charge in [0.2, 0.25) is 5.91 Å². The van der Waals surface area contributed by atoms with E-state index in [9.17, 15) is 9.18 Å². The van der Waals surface area contributed by atoms with Crippen molar-refractivity contribution < 1.29 is 9.18 Å². The van der Waals surface area contributed by atoms with Gasteiger partial charge in [-0.05, 0) is 42.7 Å². The highest BCUT2D eigenvalue weighted by atomic mass is 32.2. The first-order valence-corrected chi connectivity index (χ1v) is 11.4. The Morgan fingerprint density at radius 1 is 1.28 bits per heavy atom. The summed E-state index contributed by atoms with van der Waals surface area (Å²) in [6.07, 6.45) is 0.792. The first-order chi connectivity index (χ1) is 14.1. The Kier molecular flexibility index (Phi) is 6.20. The minimum Gasteiger partial charge on any atom is -0.348 e. The van der Waals surface area contributed by atoms with Crippen LogP contribution in [0.4, 0.5) is 4.39 Å². The minimum atomic E-state index is -0.274. The standard InChI is InChI=1S/C21H21FN4OS2/c1-14-24-25-21(26(14)12-15-5-3-2-4-6-15)29-13-20(27)23-18-9-10-28-19-8-7-16(22)11-17(18)19/h2-8,11,18H,9-10,12-13H2,1H3,(H,23,27). The van der Waals surface area contributed by atoms with Crippen LogP contribution in [0.2, 0.25) is 0 Å². The number of hydrogen-bond acceptors (Lipinski definition) is 5. The maximum atomic E-state index is 13.7. The summed E-state index contributed by atoms with van der Waals surface area (Å²) >= 11 is 3.07. The first kappa shape index (κ1) is 20.0. The summed E-state index contributed by atoms with van der Waals surface area (Å²) in [6.45, 7) is 2.57. The third-order valence-electron chi connectivity index (χ3n) is 4.76. The summed E-state index contributed by atoms with van der Waals surface area (Å²) < 4.78 is 15.7. The highest BCUT2D eigenvalue weighted by molar-refractivity contribution is 7.99. The monoisotopic (exact) mass is 428 g/mol. The predicted octanol–water partition coefficient (Wildman–Crippen LogP) is 4.22. The van der Waals surface area contributed by atoms with E-state index in [0.717, 1.165) is 34.0 Å². The molecule has 1 aliphatic heterocycles. The smallest absolute Gasteiger partial charge is 0.230 e. The quantitative estimate of drug-likeness (QED) is 0.596. The second kappa shape index (κ2) is 9.00. The average molecular weight is 429 g/mol. The number of halogens is 1. The average Bonchev–Trinajstić information content (AvgIpc) is 3.07. The number of fused-ring (bicyclic) bond motifs is 1. The van der Waals surface area contributed by atoms with E-state index in [4.69, 9.17) is 0 Å². The van der Waals surface area contributed by atoms with Crippen LogP contribution in [-0.4, -0.2) is 32.2 Å². The highest BCUT2D eigenvalue weighted by Crippen LogP contribution is 2.36. The van der Waals surface area contributed by atoms with Gasteiger partial charge in [-0.3, -0.25) is 4.79 Å². The molecular formula is C21H21FN4OS2. The molecule has 0 bridgehead atoms. The van der Waals surface area contributed by atoms with E-state index < -0.39 is 0 Å². The minimum absolute atomic E-state index is 0.0889. The van der Waals surface area contributed by atoms with Crippen LogP contribution in [-0.2, 0) is 11.3 Å². The lowest BCUT2D eigenvalue weighted by Crippen LogP contribution is -2.32. The molecule has 2 aromatic carbocycles. The molecule has 1 unspecified atom stereocenters. The van der Waals surface area contributed by atoms with Crippen LogP contribution < -0.4 is 5.32 Å². The van der Waals surface area contributed by atoms with E-state index in [-0.39, 0.29) is 23.5 Å². The second-order valence-corrected chi connectivity index (χ2v) is 8.91. The SMILES string of the molecule is Cc1nnc(SCC(=O)NC2CCSc3ccc(F)cc32)n1Cc1ccccc1. The van der Waals surface area contributed by atoms with Crippen LogP contribution in [0.3, 0.4) is 0 Å². The van der Waals surface area contributed by atoms with E-state index in [2.05, 4.69) is 27.6 Å². The van der Waals surface area contributed by atoms with Gasteiger partial charge in [-0.25, -0.2) is 4.39 Å². The van der Waals surface area contributed by atoms with Crippen LogP contribution >= 0.6 is 23.5 Å². The van der Waals surface area contributed by atoms with Gasteiger partial charge in [0.25, 0.3) is 0 Å². The van der Waals surface area contributed by atoms with Crippen LogP contribution in [0.1, 0.15) is 29.4 Å². The first-order valence-electron chi connectivity index (χ1n) is 9.38. The van der Waals surface area contributed by atoms with Crippen molar-refractivity contribution in [3.63, 3.8) is 0 Å².